The van der Waals surface area contributed by atoms with Crippen molar-refractivity contribution in [1.82, 2.24) is 15.1 Å². The van der Waals surface area contributed by atoms with Gasteiger partial charge in [-0.3, -0.25) is 9.59 Å². The highest BCUT2D eigenvalue weighted by Crippen LogP contribution is 2.24. The summed E-state index contributed by atoms with van der Waals surface area (Å²) in [6.07, 6.45) is 4.51. The standard InChI is InChI=1S/C21H27N3O2/c1-14-8-10-17(11-9-14)19-12-13-20(25)24(23-19)16(3)21(26)22-18-7-5-4-6-15(18)2/h8-13,15-16,18H,4-7H2,1-3H3,(H,22,26). The molecular formula is C21H27N3O2. The second-order valence-corrected chi connectivity index (χ2v) is 7.42. The van der Waals surface area contributed by atoms with Gasteiger partial charge >= 0.3 is 0 Å². The number of nitrogens with zero attached hydrogens (tertiary/aromatic N) is 2. The third kappa shape index (κ3) is 4.03. The number of hydrogen-bond donors (Lipinski definition) is 1. The molecule has 0 radical (unpaired) electrons. The fraction of sp³-hybridized carbons (Fsp3) is 0.476. The first-order valence-electron chi connectivity index (χ1n) is 9.43. The number of benzene rings is 1. The van der Waals surface area contributed by atoms with E-state index in [-0.39, 0.29) is 17.5 Å². The maximum absolute atomic E-state index is 12.7. The predicted molar refractivity (Wildman–Crippen MR) is 103 cm³/mol. The molecular weight excluding hydrogens is 326 g/mol. The normalized spacial score (nSPS) is 21.2. The first-order chi connectivity index (χ1) is 12.5. The smallest absolute Gasteiger partial charge is 0.267 e. The molecule has 1 saturated carbocycles. The molecule has 1 aromatic heterocycles. The van der Waals surface area contributed by atoms with Gasteiger partial charge < -0.3 is 5.32 Å². The monoisotopic (exact) mass is 353 g/mol. The molecule has 1 N–H and O–H groups in total. The van der Waals surface area contributed by atoms with E-state index in [1.807, 2.05) is 31.2 Å². The van der Waals surface area contributed by atoms with E-state index in [0.29, 0.717) is 11.6 Å². The van der Waals surface area contributed by atoms with Gasteiger partial charge in [0, 0.05) is 17.7 Å². The third-order valence-corrected chi connectivity index (χ3v) is 5.36. The van der Waals surface area contributed by atoms with Crippen molar-refractivity contribution in [1.29, 1.82) is 0 Å². The molecule has 0 saturated heterocycles. The van der Waals surface area contributed by atoms with Gasteiger partial charge in [0.25, 0.3) is 5.56 Å². The number of aryl methyl sites for hydroxylation is 1. The van der Waals surface area contributed by atoms with Crippen molar-refractivity contribution in [3.8, 4) is 11.3 Å². The number of carbonyl (C=O) groups is 1. The molecule has 2 aromatic rings. The van der Waals surface area contributed by atoms with E-state index in [2.05, 4.69) is 17.3 Å². The molecule has 1 aliphatic rings. The molecule has 5 nitrogen and oxygen atoms in total. The molecule has 3 atom stereocenters. The summed E-state index contributed by atoms with van der Waals surface area (Å²) in [7, 11) is 0. The number of nitrogens with one attached hydrogen (secondary N) is 1. The predicted octanol–water partition coefficient (Wildman–Crippen LogP) is 3.47. The Balaban J connectivity index is 1.80. The van der Waals surface area contributed by atoms with Crippen molar-refractivity contribution in [3.05, 3.63) is 52.3 Å². The minimum Gasteiger partial charge on any atom is -0.351 e. The highest BCUT2D eigenvalue weighted by molar-refractivity contribution is 5.80. The Morgan fingerprint density at radius 1 is 1.15 bits per heavy atom. The van der Waals surface area contributed by atoms with E-state index >= 15 is 0 Å². The van der Waals surface area contributed by atoms with Crippen molar-refractivity contribution >= 4 is 5.91 Å². The molecule has 138 valence electrons. The maximum Gasteiger partial charge on any atom is 0.267 e. The lowest BCUT2D eigenvalue weighted by atomic mass is 9.86. The van der Waals surface area contributed by atoms with Gasteiger partial charge in [-0.15, -0.1) is 0 Å². The number of rotatable bonds is 4. The summed E-state index contributed by atoms with van der Waals surface area (Å²) < 4.78 is 1.29. The molecule has 5 heteroatoms. The van der Waals surface area contributed by atoms with Crippen LogP contribution in [0.2, 0.25) is 0 Å². The highest BCUT2D eigenvalue weighted by atomic mass is 16.2. The molecule has 1 amide bonds. The summed E-state index contributed by atoms with van der Waals surface area (Å²) in [6.45, 7) is 5.93. The van der Waals surface area contributed by atoms with Crippen LogP contribution in [-0.4, -0.2) is 21.7 Å². The van der Waals surface area contributed by atoms with Gasteiger partial charge in [-0.25, -0.2) is 4.68 Å². The van der Waals surface area contributed by atoms with Gasteiger partial charge in [-0.05, 0) is 38.7 Å². The van der Waals surface area contributed by atoms with Crippen LogP contribution < -0.4 is 10.9 Å². The van der Waals surface area contributed by atoms with Gasteiger partial charge in [-0.1, -0.05) is 49.6 Å². The van der Waals surface area contributed by atoms with Crippen LogP contribution in [0.1, 0.15) is 51.1 Å². The summed E-state index contributed by atoms with van der Waals surface area (Å²) in [5, 5.41) is 7.57. The zero-order valence-electron chi connectivity index (χ0n) is 15.7. The van der Waals surface area contributed by atoms with Crippen LogP contribution in [0.3, 0.4) is 0 Å². The summed E-state index contributed by atoms with van der Waals surface area (Å²) in [4.78, 5) is 25.0. The summed E-state index contributed by atoms with van der Waals surface area (Å²) in [6, 6.07) is 10.7. The lowest BCUT2D eigenvalue weighted by Gasteiger charge is -2.30. The number of carbonyl (C=O) groups excluding carboxylic acids is 1. The molecule has 0 aliphatic heterocycles. The molecule has 26 heavy (non-hydrogen) atoms. The zero-order valence-corrected chi connectivity index (χ0v) is 15.7. The average molecular weight is 353 g/mol. The van der Waals surface area contributed by atoms with Gasteiger partial charge in [0.2, 0.25) is 5.91 Å². The zero-order chi connectivity index (χ0) is 18.7. The minimum absolute atomic E-state index is 0.139. The van der Waals surface area contributed by atoms with Gasteiger partial charge in [0.15, 0.2) is 0 Å². The summed E-state index contributed by atoms with van der Waals surface area (Å²) in [5.41, 5.74) is 2.52. The second kappa shape index (κ2) is 7.85. The van der Waals surface area contributed by atoms with Crippen molar-refractivity contribution in [3.63, 3.8) is 0 Å². The minimum atomic E-state index is -0.637. The lowest BCUT2D eigenvalue weighted by Crippen LogP contribution is -2.45. The quantitative estimate of drug-likeness (QED) is 0.915. The Labute approximate surface area is 154 Å². The molecule has 3 unspecified atom stereocenters. The van der Waals surface area contributed by atoms with E-state index in [9.17, 15) is 9.59 Å². The molecule has 0 bridgehead atoms. The molecule has 3 rings (SSSR count). The van der Waals surface area contributed by atoms with Crippen molar-refractivity contribution in [2.45, 2.75) is 58.5 Å². The Bertz CT molecular complexity index is 826. The fourth-order valence-corrected chi connectivity index (χ4v) is 3.53. The van der Waals surface area contributed by atoms with E-state index in [0.717, 1.165) is 30.4 Å². The van der Waals surface area contributed by atoms with E-state index in [1.165, 1.54) is 17.2 Å². The van der Waals surface area contributed by atoms with Crippen LogP contribution >= 0.6 is 0 Å². The number of hydrogen-bond acceptors (Lipinski definition) is 3. The van der Waals surface area contributed by atoms with Crippen LogP contribution in [-0.2, 0) is 4.79 Å². The Morgan fingerprint density at radius 2 is 1.85 bits per heavy atom. The second-order valence-electron chi connectivity index (χ2n) is 7.42. The molecule has 1 heterocycles. The van der Waals surface area contributed by atoms with Crippen molar-refractivity contribution < 1.29 is 4.79 Å². The van der Waals surface area contributed by atoms with Crippen LogP contribution in [0.15, 0.2) is 41.2 Å². The molecule has 0 spiro atoms. The summed E-state index contributed by atoms with van der Waals surface area (Å²) in [5.74, 6) is 0.336. The van der Waals surface area contributed by atoms with E-state index in [1.54, 1.807) is 13.0 Å². The van der Waals surface area contributed by atoms with E-state index in [4.69, 9.17) is 0 Å². The molecule has 1 aliphatic carbocycles. The molecule has 1 aromatic carbocycles. The largest absolute Gasteiger partial charge is 0.351 e. The van der Waals surface area contributed by atoms with Gasteiger partial charge in [0.05, 0.1) is 5.69 Å². The third-order valence-electron chi connectivity index (χ3n) is 5.36. The molecule has 1 fully saturated rings. The Kier molecular flexibility index (Phi) is 5.55. The van der Waals surface area contributed by atoms with Crippen LogP contribution in [0.25, 0.3) is 11.3 Å². The van der Waals surface area contributed by atoms with Gasteiger partial charge in [-0.2, -0.15) is 5.10 Å². The van der Waals surface area contributed by atoms with E-state index < -0.39 is 6.04 Å². The maximum atomic E-state index is 12.7. The SMILES string of the molecule is Cc1ccc(-c2ccc(=O)n(C(C)C(=O)NC3CCCCC3C)n2)cc1. The van der Waals surface area contributed by atoms with Crippen LogP contribution in [0.4, 0.5) is 0 Å². The van der Waals surface area contributed by atoms with Crippen LogP contribution in [0.5, 0.6) is 0 Å². The first kappa shape index (κ1) is 18.4. The number of aromatic nitrogens is 2. The topological polar surface area (TPSA) is 64.0 Å². The van der Waals surface area contributed by atoms with Crippen molar-refractivity contribution in [2.75, 3.05) is 0 Å². The fourth-order valence-electron chi connectivity index (χ4n) is 3.53. The lowest BCUT2D eigenvalue weighted by molar-refractivity contribution is -0.125. The Morgan fingerprint density at radius 3 is 2.54 bits per heavy atom. The first-order valence-corrected chi connectivity index (χ1v) is 9.43. The van der Waals surface area contributed by atoms with Crippen LogP contribution in [0, 0.1) is 12.8 Å². The highest BCUT2D eigenvalue weighted by Gasteiger charge is 2.26. The number of amides is 1. The average Bonchev–Trinajstić information content (AvgIpc) is 2.64. The van der Waals surface area contributed by atoms with Gasteiger partial charge in [0.1, 0.15) is 6.04 Å². The Hall–Kier alpha value is -2.43. The summed E-state index contributed by atoms with van der Waals surface area (Å²) >= 11 is 0. The van der Waals surface area contributed by atoms with Crippen molar-refractivity contribution in [2.24, 2.45) is 5.92 Å².